The third kappa shape index (κ3) is 4.49. The number of rotatable bonds is 2. The van der Waals surface area contributed by atoms with Gasteiger partial charge in [-0.2, -0.15) is 13.2 Å². The Kier molecular flexibility index (Phi) is 5.69. The lowest BCUT2D eigenvalue weighted by Crippen LogP contribution is -2.38. The number of nitrogens with zero attached hydrogens (tertiary/aromatic N) is 2. The fraction of sp³-hybridized carbons (Fsp3) is 0.300. The van der Waals surface area contributed by atoms with E-state index in [4.69, 9.17) is 0 Å². The van der Waals surface area contributed by atoms with E-state index in [2.05, 4.69) is 10.3 Å². The molecule has 0 unspecified atom stereocenters. The summed E-state index contributed by atoms with van der Waals surface area (Å²) >= 11 is 1.36. The molecule has 0 radical (unpaired) electrons. The van der Waals surface area contributed by atoms with Crippen molar-refractivity contribution in [2.45, 2.75) is 32.2 Å². The Morgan fingerprint density at radius 3 is 2.54 bits per heavy atom. The largest absolute Gasteiger partial charge is 0.416 e. The first-order chi connectivity index (χ1) is 13.1. The summed E-state index contributed by atoms with van der Waals surface area (Å²) in [6.45, 7) is 6.34. The van der Waals surface area contributed by atoms with E-state index in [0.29, 0.717) is 17.4 Å². The number of amidine groups is 1. The maximum Gasteiger partial charge on any atom is 0.416 e. The van der Waals surface area contributed by atoms with Gasteiger partial charge in [-0.05, 0) is 55.3 Å². The van der Waals surface area contributed by atoms with Gasteiger partial charge in [0, 0.05) is 10.9 Å². The van der Waals surface area contributed by atoms with Crippen molar-refractivity contribution in [1.82, 2.24) is 0 Å². The van der Waals surface area contributed by atoms with Crippen LogP contribution >= 0.6 is 11.8 Å². The highest BCUT2D eigenvalue weighted by molar-refractivity contribution is 8.15. The molecule has 3 rings (SSSR count). The van der Waals surface area contributed by atoms with Crippen molar-refractivity contribution >= 4 is 34.3 Å². The molecule has 1 N–H and O–H groups in total. The molecule has 2 aromatic rings. The molecule has 2 aromatic carbocycles. The van der Waals surface area contributed by atoms with Gasteiger partial charge in [0.05, 0.1) is 17.8 Å². The maximum absolute atomic E-state index is 13.1. The highest BCUT2D eigenvalue weighted by Crippen LogP contribution is 2.34. The molecule has 1 aliphatic rings. The maximum atomic E-state index is 13.1. The van der Waals surface area contributed by atoms with Crippen LogP contribution in [0.2, 0.25) is 0 Å². The van der Waals surface area contributed by atoms with Gasteiger partial charge in [0.25, 0.3) is 0 Å². The Morgan fingerprint density at radius 1 is 1.18 bits per heavy atom. The van der Waals surface area contributed by atoms with E-state index >= 15 is 0 Å². The minimum Gasteiger partial charge on any atom is -0.307 e. The van der Waals surface area contributed by atoms with Crippen molar-refractivity contribution in [3.05, 3.63) is 59.2 Å². The Balaban J connectivity index is 1.95. The number of urea groups is 1. The topological polar surface area (TPSA) is 44.7 Å². The second-order valence-corrected chi connectivity index (χ2v) is 8.07. The van der Waals surface area contributed by atoms with Crippen molar-refractivity contribution < 1.29 is 18.0 Å². The molecule has 4 nitrogen and oxygen atoms in total. The van der Waals surface area contributed by atoms with Gasteiger partial charge in [-0.1, -0.05) is 30.8 Å². The van der Waals surface area contributed by atoms with Gasteiger partial charge in [-0.25, -0.2) is 9.69 Å². The van der Waals surface area contributed by atoms with Crippen molar-refractivity contribution in [3.63, 3.8) is 0 Å². The van der Waals surface area contributed by atoms with Crippen molar-refractivity contribution in [2.75, 3.05) is 16.8 Å². The number of thioether (sulfide) groups is 1. The van der Waals surface area contributed by atoms with Crippen molar-refractivity contribution in [1.29, 1.82) is 0 Å². The first kappa shape index (κ1) is 20.3. The van der Waals surface area contributed by atoms with Crippen LogP contribution in [0.15, 0.2) is 47.5 Å². The fourth-order valence-corrected chi connectivity index (χ4v) is 3.67. The van der Waals surface area contributed by atoms with Crippen LogP contribution < -0.4 is 10.2 Å². The lowest BCUT2D eigenvalue weighted by atomic mass is 10.1. The predicted molar refractivity (Wildman–Crippen MR) is 108 cm³/mol. The molecule has 0 bridgehead atoms. The molecule has 0 spiro atoms. The standard InChI is InChI=1S/C20H20F3N3OS/c1-12-7-8-16(9-13(12)2)25-18(27)26(19-24-11-14(3)28-19)17-6-4-5-15(10-17)20(21,22)23/h4-10,14H,11H2,1-3H3,(H,25,27)/t14-/m1/s1. The molecule has 0 fully saturated rings. The number of carbonyl (C=O) groups is 1. The number of carbonyl (C=O) groups excluding carboxylic acids is 1. The van der Waals surface area contributed by atoms with E-state index < -0.39 is 17.8 Å². The van der Waals surface area contributed by atoms with E-state index in [1.165, 1.54) is 28.8 Å². The average Bonchev–Trinajstić information content (AvgIpc) is 3.04. The first-order valence-electron chi connectivity index (χ1n) is 8.72. The SMILES string of the molecule is Cc1ccc(NC(=O)N(C2=NC[C@@H](C)S2)c2cccc(C(F)(F)F)c2)cc1C. The number of anilines is 2. The Labute approximate surface area is 165 Å². The number of alkyl halides is 3. The zero-order valence-corrected chi connectivity index (χ0v) is 16.5. The summed E-state index contributed by atoms with van der Waals surface area (Å²) in [5.41, 5.74) is 1.96. The van der Waals surface area contributed by atoms with Crippen molar-refractivity contribution in [2.24, 2.45) is 4.99 Å². The Hall–Kier alpha value is -2.48. The average molecular weight is 407 g/mol. The number of halogens is 3. The summed E-state index contributed by atoms with van der Waals surface area (Å²) in [6.07, 6.45) is -4.50. The van der Waals surface area contributed by atoms with Gasteiger partial charge >= 0.3 is 12.2 Å². The molecular weight excluding hydrogens is 387 g/mol. The molecule has 28 heavy (non-hydrogen) atoms. The van der Waals surface area contributed by atoms with Gasteiger partial charge in [0.1, 0.15) is 0 Å². The van der Waals surface area contributed by atoms with Crippen LogP contribution in [0, 0.1) is 13.8 Å². The summed E-state index contributed by atoms with van der Waals surface area (Å²) < 4.78 is 39.4. The molecule has 0 saturated heterocycles. The molecule has 2 amide bonds. The number of benzene rings is 2. The smallest absolute Gasteiger partial charge is 0.307 e. The van der Waals surface area contributed by atoms with Gasteiger partial charge in [-0.15, -0.1) is 0 Å². The zero-order chi connectivity index (χ0) is 20.5. The number of aliphatic imine (C=N–C) groups is 1. The van der Waals surface area contributed by atoms with E-state index in [1.807, 2.05) is 32.9 Å². The number of hydrogen-bond donors (Lipinski definition) is 1. The summed E-state index contributed by atoms with van der Waals surface area (Å²) in [4.78, 5) is 18.6. The molecule has 0 aliphatic carbocycles. The zero-order valence-electron chi connectivity index (χ0n) is 15.7. The van der Waals surface area contributed by atoms with Gasteiger partial charge < -0.3 is 5.32 Å². The predicted octanol–water partition coefficient (Wildman–Crippen LogP) is 5.85. The number of nitrogens with one attached hydrogen (secondary N) is 1. The van der Waals surface area contributed by atoms with E-state index in [9.17, 15) is 18.0 Å². The van der Waals surface area contributed by atoms with Crippen LogP contribution in [0.5, 0.6) is 0 Å². The Morgan fingerprint density at radius 2 is 1.93 bits per heavy atom. The number of hydrogen-bond acceptors (Lipinski definition) is 3. The Bertz CT molecular complexity index is 927. The molecule has 8 heteroatoms. The molecule has 0 saturated carbocycles. The van der Waals surface area contributed by atoms with Gasteiger partial charge in [0.2, 0.25) is 0 Å². The first-order valence-corrected chi connectivity index (χ1v) is 9.60. The van der Waals surface area contributed by atoms with E-state index in [1.54, 1.807) is 6.07 Å². The molecule has 1 heterocycles. The van der Waals surface area contributed by atoms with Crippen LogP contribution in [0.4, 0.5) is 29.3 Å². The molecule has 148 valence electrons. The summed E-state index contributed by atoms with van der Waals surface area (Å²) in [5.74, 6) is 0. The fourth-order valence-electron chi connectivity index (χ4n) is 2.72. The lowest BCUT2D eigenvalue weighted by molar-refractivity contribution is -0.137. The second-order valence-electron chi connectivity index (χ2n) is 6.66. The quantitative estimate of drug-likeness (QED) is 0.678. The van der Waals surface area contributed by atoms with Crippen LogP contribution in [0.3, 0.4) is 0 Å². The van der Waals surface area contributed by atoms with Crippen LogP contribution in [0.25, 0.3) is 0 Å². The lowest BCUT2D eigenvalue weighted by Gasteiger charge is -2.24. The monoisotopic (exact) mass is 407 g/mol. The summed E-state index contributed by atoms with van der Waals surface area (Å²) in [6, 6.07) is 9.62. The second kappa shape index (κ2) is 7.87. The normalized spacial score (nSPS) is 16.6. The minimum atomic E-state index is -4.50. The highest BCUT2D eigenvalue weighted by atomic mass is 32.2. The number of amides is 2. The van der Waals surface area contributed by atoms with Crippen LogP contribution in [-0.2, 0) is 6.18 Å². The van der Waals surface area contributed by atoms with Crippen LogP contribution in [0.1, 0.15) is 23.6 Å². The summed E-state index contributed by atoms with van der Waals surface area (Å²) in [7, 11) is 0. The van der Waals surface area contributed by atoms with E-state index in [-0.39, 0.29) is 10.9 Å². The van der Waals surface area contributed by atoms with Gasteiger partial charge in [-0.3, -0.25) is 4.99 Å². The highest BCUT2D eigenvalue weighted by Gasteiger charge is 2.33. The molecule has 1 aliphatic heterocycles. The molecule has 0 aromatic heterocycles. The third-order valence-electron chi connectivity index (χ3n) is 4.37. The van der Waals surface area contributed by atoms with E-state index in [0.717, 1.165) is 23.3 Å². The third-order valence-corrected chi connectivity index (χ3v) is 5.45. The summed E-state index contributed by atoms with van der Waals surface area (Å²) in [5, 5.41) is 3.30. The molecular formula is C20H20F3N3OS. The van der Waals surface area contributed by atoms with Crippen LogP contribution in [-0.4, -0.2) is 23.0 Å². The molecule has 1 atom stereocenters. The van der Waals surface area contributed by atoms with Gasteiger partial charge in [0.15, 0.2) is 5.17 Å². The minimum absolute atomic E-state index is 0.122. The van der Waals surface area contributed by atoms with Crippen molar-refractivity contribution in [3.8, 4) is 0 Å². The number of aryl methyl sites for hydroxylation is 2.